The van der Waals surface area contributed by atoms with Crippen molar-refractivity contribution in [2.45, 2.75) is 43.9 Å². The van der Waals surface area contributed by atoms with Gasteiger partial charge in [0.2, 0.25) is 10.0 Å². The molecule has 2 bridgehead atoms. The number of fused-ring (bicyclic) bond motifs is 3. The maximum absolute atomic E-state index is 12.5. The number of carbonyl (C=O) groups excluding carboxylic acids is 1. The molecule has 0 spiro atoms. The van der Waals surface area contributed by atoms with Crippen LogP contribution in [0.1, 0.15) is 32.1 Å². The highest BCUT2D eigenvalue weighted by atomic mass is 32.2. The van der Waals surface area contributed by atoms with Gasteiger partial charge >= 0.3 is 5.69 Å². The average Bonchev–Trinajstić information content (AvgIpc) is 2.56. The molecular formula is C15H21N3O5S. The first-order chi connectivity index (χ1) is 11.3. The summed E-state index contributed by atoms with van der Waals surface area (Å²) in [6, 6.07) is 1.16. The van der Waals surface area contributed by atoms with Crippen LogP contribution in [0.15, 0.2) is 21.9 Å². The van der Waals surface area contributed by atoms with Gasteiger partial charge in [0.1, 0.15) is 6.54 Å². The molecule has 4 rings (SSSR count). The Labute approximate surface area is 139 Å². The van der Waals surface area contributed by atoms with Crippen LogP contribution in [0.25, 0.3) is 0 Å². The minimum atomic E-state index is -3.75. The second-order valence-electron chi connectivity index (χ2n) is 6.75. The summed E-state index contributed by atoms with van der Waals surface area (Å²) in [5.74, 6) is -0.226. The minimum Gasteiger partial charge on any atom is -0.291 e. The van der Waals surface area contributed by atoms with Crippen molar-refractivity contribution in [3.8, 4) is 0 Å². The van der Waals surface area contributed by atoms with Crippen molar-refractivity contribution >= 4 is 15.9 Å². The fraction of sp³-hybridized carbons (Fsp3) is 0.667. The lowest BCUT2D eigenvalue weighted by atomic mass is 9.70. The van der Waals surface area contributed by atoms with Gasteiger partial charge in [-0.2, -0.15) is 0 Å². The Bertz CT molecular complexity index is 862. The first-order valence-corrected chi connectivity index (χ1v) is 9.63. The zero-order valence-electron chi connectivity index (χ0n) is 13.5. The molecule has 0 aliphatic heterocycles. The monoisotopic (exact) mass is 355 g/mol. The number of amides is 1. The number of nitrogens with one attached hydrogen (secondary N) is 1. The van der Waals surface area contributed by atoms with E-state index in [1.807, 2.05) is 0 Å². The molecule has 1 N–H and O–H groups in total. The zero-order valence-corrected chi connectivity index (χ0v) is 14.3. The quantitative estimate of drug-likeness (QED) is 0.789. The van der Waals surface area contributed by atoms with E-state index in [-0.39, 0.29) is 5.92 Å². The highest BCUT2D eigenvalue weighted by Crippen LogP contribution is 2.43. The predicted octanol–water partition coefficient (Wildman–Crippen LogP) is -0.428. The third-order valence-corrected chi connectivity index (χ3v) is 7.10. The van der Waals surface area contributed by atoms with Crippen LogP contribution in [0.4, 0.5) is 0 Å². The van der Waals surface area contributed by atoms with Crippen LogP contribution < -0.4 is 16.0 Å². The normalized spacial score (nSPS) is 26.3. The molecular weight excluding hydrogens is 334 g/mol. The van der Waals surface area contributed by atoms with E-state index in [1.54, 1.807) is 0 Å². The van der Waals surface area contributed by atoms with E-state index >= 15 is 0 Å². The summed E-state index contributed by atoms with van der Waals surface area (Å²) in [5, 5.41) is -0.522. The van der Waals surface area contributed by atoms with Crippen LogP contribution in [0.5, 0.6) is 0 Å². The smallest absolute Gasteiger partial charge is 0.291 e. The second kappa shape index (κ2) is 6.19. The largest absolute Gasteiger partial charge is 0.331 e. The summed E-state index contributed by atoms with van der Waals surface area (Å²) < 4.78 is 29.0. The number of nitrogens with zero attached hydrogens (tertiary/aromatic N) is 2. The standard InChI is InChI=1S/C15H21N3O5S/c1-17-14(20)6-7-18(15(17)21)9-13(19)16-24(22,23)12-8-10-2-4-11(12)5-3-10/h6-7,10-12H,2-5,8-9H2,1H3,(H,16,19). The van der Waals surface area contributed by atoms with Crippen molar-refractivity contribution in [1.82, 2.24) is 13.9 Å². The van der Waals surface area contributed by atoms with Gasteiger partial charge in [0.25, 0.3) is 11.5 Å². The molecule has 0 saturated heterocycles. The van der Waals surface area contributed by atoms with Gasteiger partial charge in [-0.1, -0.05) is 12.8 Å². The molecule has 24 heavy (non-hydrogen) atoms. The molecule has 0 aromatic carbocycles. The van der Waals surface area contributed by atoms with E-state index in [0.717, 1.165) is 40.9 Å². The van der Waals surface area contributed by atoms with Gasteiger partial charge in [-0.05, 0) is 31.1 Å². The maximum atomic E-state index is 12.5. The summed E-state index contributed by atoms with van der Waals surface area (Å²) in [6.07, 6.45) is 5.72. The molecule has 9 heteroatoms. The van der Waals surface area contributed by atoms with Crippen LogP contribution in [0.3, 0.4) is 0 Å². The lowest BCUT2D eigenvalue weighted by Crippen LogP contribution is -2.48. The summed E-state index contributed by atoms with van der Waals surface area (Å²) in [4.78, 5) is 35.3. The number of sulfonamides is 1. The Kier molecular flexibility index (Phi) is 4.37. The number of hydrogen-bond donors (Lipinski definition) is 1. The number of hydrogen-bond acceptors (Lipinski definition) is 5. The van der Waals surface area contributed by atoms with Gasteiger partial charge in [0, 0.05) is 19.3 Å². The summed E-state index contributed by atoms with van der Waals surface area (Å²) in [6.45, 7) is -0.438. The van der Waals surface area contributed by atoms with Crippen molar-refractivity contribution < 1.29 is 13.2 Å². The molecule has 3 saturated carbocycles. The van der Waals surface area contributed by atoms with Crippen LogP contribution in [-0.4, -0.2) is 28.7 Å². The molecule has 1 amide bonds. The Morgan fingerprint density at radius 1 is 1.25 bits per heavy atom. The fourth-order valence-corrected chi connectivity index (χ4v) is 5.69. The van der Waals surface area contributed by atoms with Crippen molar-refractivity contribution in [2.24, 2.45) is 18.9 Å². The first kappa shape index (κ1) is 16.9. The molecule has 3 aliphatic carbocycles. The molecule has 0 radical (unpaired) electrons. The predicted molar refractivity (Wildman–Crippen MR) is 86.9 cm³/mol. The van der Waals surface area contributed by atoms with E-state index < -0.39 is 39.0 Å². The summed E-state index contributed by atoms with van der Waals surface area (Å²) in [7, 11) is -2.45. The fourth-order valence-electron chi connectivity index (χ4n) is 3.85. The Morgan fingerprint density at radius 2 is 1.92 bits per heavy atom. The molecule has 132 valence electrons. The summed E-state index contributed by atoms with van der Waals surface area (Å²) >= 11 is 0. The van der Waals surface area contributed by atoms with Crippen molar-refractivity contribution in [2.75, 3.05) is 0 Å². The molecule has 3 aliphatic rings. The van der Waals surface area contributed by atoms with E-state index in [1.165, 1.54) is 13.2 Å². The minimum absolute atomic E-state index is 0.112. The molecule has 1 aromatic rings. The Hall–Kier alpha value is -1.90. The molecule has 1 aromatic heterocycles. The van der Waals surface area contributed by atoms with E-state index in [9.17, 15) is 22.8 Å². The van der Waals surface area contributed by atoms with Crippen LogP contribution >= 0.6 is 0 Å². The molecule has 1 unspecified atom stereocenters. The van der Waals surface area contributed by atoms with Gasteiger partial charge in [-0.15, -0.1) is 0 Å². The molecule has 8 nitrogen and oxygen atoms in total. The van der Waals surface area contributed by atoms with E-state index in [0.29, 0.717) is 12.3 Å². The lowest BCUT2D eigenvalue weighted by Gasteiger charge is -2.41. The second-order valence-corrected chi connectivity index (χ2v) is 8.65. The maximum Gasteiger partial charge on any atom is 0.331 e. The zero-order chi connectivity index (χ0) is 17.5. The van der Waals surface area contributed by atoms with Crippen molar-refractivity contribution in [1.29, 1.82) is 0 Å². The highest BCUT2D eigenvalue weighted by molar-refractivity contribution is 7.90. The van der Waals surface area contributed by atoms with Gasteiger partial charge in [0.05, 0.1) is 5.25 Å². The third-order valence-electron chi connectivity index (χ3n) is 5.21. The Balaban J connectivity index is 1.72. The molecule has 1 heterocycles. The van der Waals surface area contributed by atoms with Gasteiger partial charge in [-0.25, -0.2) is 13.2 Å². The first-order valence-electron chi connectivity index (χ1n) is 8.09. The summed E-state index contributed by atoms with van der Waals surface area (Å²) in [5.41, 5.74) is -1.14. The third kappa shape index (κ3) is 3.17. The molecule has 3 fully saturated rings. The van der Waals surface area contributed by atoms with Crippen molar-refractivity contribution in [3.63, 3.8) is 0 Å². The van der Waals surface area contributed by atoms with Crippen LogP contribution in [0.2, 0.25) is 0 Å². The van der Waals surface area contributed by atoms with E-state index in [2.05, 4.69) is 4.72 Å². The average molecular weight is 355 g/mol. The SMILES string of the molecule is Cn1c(=O)ccn(CC(=O)NS(=O)(=O)C2CC3CCC2CC3)c1=O. The van der Waals surface area contributed by atoms with Gasteiger partial charge < -0.3 is 0 Å². The van der Waals surface area contributed by atoms with Crippen molar-refractivity contribution in [3.05, 3.63) is 33.1 Å². The van der Waals surface area contributed by atoms with Crippen LogP contribution in [-0.2, 0) is 28.4 Å². The number of rotatable bonds is 4. The number of aromatic nitrogens is 2. The van der Waals surface area contributed by atoms with E-state index in [4.69, 9.17) is 0 Å². The highest BCUT2D eigenvalue weighted by Gasteiger charge is 2.43. The van der Waals surface area contributed by atoms with Gasteiger partial charge in [0.15, 0.2) is 0 Å². The lowest BCUT2D eigenvalue weighted by molar-refractivity contribution is -0.120. The Morgan fingerprint density at radius 3 is 2.50 bits per heavy atom. The van der Waals surface area contributed by atoms with Gasteiger partial charge in [-0.3, -0.25) is 23.4 Å². The molecule has 1 atom stereocenters. The topological polar surface area (TPSA) is 107 Å². The van der Waals surface area contributed by atoms with Crippen LogP contribution in [0, 0.1) is 11.8 Å². The number of carbonyl (C=O) groups is 1.